The number of amides is 1. The molecule has 0 aliphatic heterocycles. The largest absolute Gasteiger partial charge is 0.394 e. The molecule has 1 saturated carbocycles. The molecule has 132 valence electrons. The molecule has 3 N–H and O–H groups in total. The van der Waals surface area contributed by atoms with Crippen molar-refractivity contribution in [3.8, 4) is 5.69 Å². The maximum Gasteiger partial charge on any atom is 0.272 e. The van der Waals surface area contributed by atoms with E-state index in [2.05, 4.69) is 15.4 Å². The van der Waals surface area contributed by atoms with Crippen molar-refractivity contribution < 1.29 is 15.0 Å². The molecular formula is C17H19ClN4O3. The molecule has 2 heterocycles. The van der Waals surface area contributed by atoms with E-state index in [1.807, 2.05) is 6.07 Å². The fraction of sp³-hybridized carbons (Fsp3) is 0.471. The van der Waals surface area contributed by atoms with Gasteiger partial charge in [0, 0.05) is 11.5 Å². The minimum absolute atomic E-state index is 0.352. The fourth-order valence-corrected chi connectivity index (χ4v) is 3.56. The maximum absolute atomic E-state index is 12.7. The summed E-state index contributed by atoms with van der Waals surface area (Å²) in [6.07, 6.45) is 3.59. The number of nitrogens with one attached hydrogen (secondary N) is 1. The van der Waals surface area contributed by atoms with Crippen LogP contribution >= 0.6 is 11.6 Å². The Hall–Kier alpha value is -1.96. The van der Waals surface area contributed by atoms with E-state index in [1.54, 1.807) is 23.9 Å². The highest BCUT2D eigenvalue weighted by Crippen LogP contribution is 2.57. The van der Waals surface area contributed by atoms with E-state index in [0.29, 0.717) is 22.7 Å². The lowest BCUT2D eigenvalue weighted by atomic mass is 10.0. The zero-order valence-electron chi connectivity index (χ0n) is 13.7. The molecular weight excluding hydrogens is 344 g/mol. The van der Waals surface area contributed by atoms with Gasteiger partial charge in [0.15, 0.2) is 5.69 Å². The monoisotopic (exact) mass is 362 g/mol. The quantitative estimate of drug-likeness (QED) is 0.690. The van der Waals surface area contributed by atoms with Gasteiger partial charge < -0.3 is 15.5 Å². The number of aliphatic hydroxyl groups excluding tert-OH is 2. The summed E-state index contributed by atoms with van der Waals surface area (Å²) < 4.78 is 1.78. The number of aromatic nitrogens is 3. The van der Waals surface area contributed by atoms with Crippen LogP contribution in [-0.2, 0) is 6.42 Å². The molecule has 8 heteroatoms. The summed E-state index contributed by atoms with van der Waals surface area (Å²) in [4.78, 5) is 16.8. The van der Waals surface area contributed by atoms with Crippen LogP contribution in [0.1, 0.15) is 41.0 Å². The van der Waals surface area contributed by atoms with Gasteiger partial charge in [0.2, 0.25) is 0 Å². The van der Waals surface area contributed by atoms with E-state index in [-0.39, 0.29) is 19.1 Å². The van der Waals surface area contributed by atoms with Crippen molar-refractivity contribution in [3.05, 3.63) is 40.4 Å². The second-order valence-corrected chi connectivity index (χ2v) is 7.49. The molecule has 2 aromatic heterocycles. The van der Waals surface area contributed by atoms with Gasteiger partial charge in [-0.25, -0.2) is 9.67 Å². The van der Waals surface area contributed by atoms with Crippen molar-refractivity contribution in [2.45, 2.75) is 31.2 Å². The summed E-state index contributed by atoms with van der Waals surface area (Å²) in [5, 5.41) is 26.4. The van der Waals surface area contributed by atoms with Gasteiger partial charge >= 0.3 is 0 Å². The zero-order valence-corrected chi connectivity index (χ0v) is 14.5. The van der Waals surface area contributed by atoms with Crippen molar-refractivity contribution in [2.75, 3.05) is 13.2 Å². The van der Waals surface area contributed by atoms with Crippen LogP contribution in [0.25, 0.3) is 5.69 Å². The van der Waals surface area contributed by atoms with E-state index in [4.69, 9.17) is 11.6 Å². The molecule has 1 amide bonds. The minimum atomic E-state index is -1.09. The van der Waals surface area contributed by atoms with Gasteiger partial charge in [0.1, 0.15) is 5.15 Å². The number of aliphatic hydroxyl groups is 2. The Kier molecular flexibility index (Phi) is 3.82. The highest BCUT2D eigenvalue weighted by molar-refractivity contribution is 6.29. The molecule has 0 bridgehead atoms. The molecule has 0 saturated heterocycles. The van der Waals surface area contributed by atoms with Crippen LogP contribution in [0.5, 0.6) is 0 Å². The van der Waals surface area contributed by atoms with Gasteiger partial charge in [0.05, 0.1) is 36.3 Å². The summed E-state index contributed by atoms with van der Waals surface area (Å²) in [6.45, 7) is 0.873. The number of fused-ring (bicyclic) bond motifs is 3. The van der Waals surface area contributed by atoms with Crippen molar-refractivity contribution in [1.82, 2.24) is 20.1 Å². The summed E-state index contributed by atoms with van der Waals surface area (Å²) >= 11 is 5.86. The fourth-order valence-electron chi connectivity index (χ4n) is 3.45. The summed E-state index contributed by atoms with van der Waals surface area (Å²) in [5.41, 5.74) is 2.04. The lowest BCUT2D eigenvalue weighted by Crippen LogP contribution is -2.52. The molecule has 25 heavy (non-hydrogen) atoms. The maximum atomic E-state index is 12.7. The van der Waals surface area contributed by atoms with Crippen molar-refractivity contribution >= 4 is 17.5 Å². The Bertz CT molecular complexity index is 829. The Morgan fingerprint density at radius 2 is 2.20 bits per heavy atom. The van der Waals surface area contributed by atoms with E-state index in [0.717, 1.165) is 29.8 Å². The SMILES string of the molecule is CC(CO)(CO)NC(=O)c1nn(-c2ccc(Cl)nc2)c2c1C[C@H]1C[C@@H]21. The lowest BCUT2D eigenvalue weighted by molar-refractivity contribution is 0.0718. The number of hydrogen-bond acceptors (Lipinski definition) is 5. The average Bonchev–Trinajstić information content (AvgIpc) is 3.11. The first-order valence-corrected chi connectivity index (χ1v) is 8.61. The average molecular weight is 363 g/mol. The number of nitrogens with zero attached hydrogens (tertiary/aromatic N) is 3. The topological polar surface area (TPSA) is 100 Å². The highest BCUT2D eigenvalue weighted by Gasteiger charge is 2.50. The first-order chi connectivity index (χ1) is 12.0. The van der Waals surface area contributed by atoms with E-state index >= 15 is 0 Å². The normalized spacial score (nSPS) is 21.0. The van der Waals surface area contributed by atoms with E-state index < -0.39 is 5.54 Å². The second-order valence-electron chi connectivity index (χ2n) is 7.10. The third-order valence-electron chi connectivity index (χ3n) is 5.05. The molecule has 2 aliphatic rings. The molecule has 0 unspecified atom stereocenters. The van der Waals surface area contributed by atoms with Gasteiger partial charge in [-0.1, -0.05) is 11.6 Å². The van der Waals surface area contributed by atoms with Crippen LogP contribution in [-0.4, -0.2) is 49.6 Å². The number of halogens is 1. The molecule has 2 aromatic rings. The molecule has 0 aromatic carbocycles. The Morgan fingerprint density at radius 3 is 2.84 bits per heavy atom. The van der Waals surface area contributed by atoms with Gasteiger partial charge in [-0.15, -0.1) is 0 Å². The van der Waals surface area contributed by atoms with Crippen molar-refractivity contribution in [2.24, 2.45) is 5.92 Å². The third kappa shape index (κ3) is 2.72. The number of pyridine rings is 1. The smallest absolute Gasteiger partial charge is 0.272 e. The predicted molar refractivity (Wildman–Crippen MR) is 91.0 cm³/mol. The van der Waals surface area contributed by atoms with Crippen LogP contribution in [0.15, 0.2) is 18.3 Å². The first-order valence-electron chi connectivity index (χ1n) is 8.23. The van der Waals surface area contributed by atoms with E-state index in [9.17, 15) is 15.0 Å². The van der Waals surface area contributed by atoms with Crippen LogP contribution in [0.2, 0.25) is 5.15 Å². The lowest BCUT2D eigenvalue weighted by Gasteiger charge is -2.25. The third-order valence-corrected chi connectivity index (χ3v) is 5.27. The van der Waals surface area contributed by atoms with Gasteiger partial charge in [0.25, 0.3) is 5.91 Å². The van der Waals surface area contributed by atoms with Gasteiger partial charge in [-0.2, -0.15) is 5.10 Å². The highest BCUT2D eigenvalue weighted by atomic mass is 35.5. The first kappa shape index (κ1) is 16.5. The van der Waals surface area contributed by atoms with Gasteiger partial charge in [-0.05, 0) is 37.8 Å². The molecule has 2 aliphatic carbocycles. The van der Waals surface area contributed by atoms with Crippen molar-refractivity contribution in [1.29, 1.82) is 0 Å². The molecule has 2 atom stereocenters. The summed E-state index contributed by atoms with van der Waals surface area (Å²) in [7, 11) is 0. The predicted octanol–water partition coefficient (Wildman–Crippen LogP) is 1.05. The summed E-state index contributed by atoms with van der Waals surface area (Å²) in [6, 6.07) is 3.52. The molecule has 7 nitrogen and oxygen atoms in total. The van der Waals surface area contributed by atoms with Gasteiger partial charge in [-0.3, -0.25) is 4.79 Å². The van der Waals surface area contributed by atoms with Crippen LogP contribution in [0.3, 0.4) is 0 Å². The molecule has 4 rings (SSSR count). The van der Waals surface area contributed by atoms with E-state index in [1.165, 1.54) is 0 Å². The summed E-state index contributed by atoms with van der Waals surface area (Å²) in [5.74, 6) is 0.624. The Labute approximate surface area is 149 Å². The Balaban J connectivity index is 1.73. The molecule has 0 radical (unpaired) electrons. The van der Waals surface area contributed by atoms with Crippen molar-refractivity contribution in [3.63, 3.8) is 0 Å². The van der Waals surface area contributed by atoms with Crippen LogP contribution in [0.4, 0.5) is 0 Å². The van der Waals surface area contributed by atoms with Crippen LogP contribution in [0, 0.1) is 5.92 Å². The van der Waals surface area contributed by atoms with Crippen LogP contribution < -0.4 is 5.32 Å². The Morgan fingerprint density at radius 1 is 1.44 bits per heavy atom. The number of rotatable bonds is 5. The number of hydrogen-bond donors (Lipinski definition) is 3. The standard InChI is InChI=1S/C17H19ClN4O3/c1-17(7-23,8-24)20-16(25)14-12-5-9-4-11(9)15(12)22(21-14)10-2-3-13(18)19-6-10/h2-3,6,9,11,23-24H,4-5,7-8H2,1H3,(H,20,25)/t9-,11-/m1/s1. The second kappa shape index (κ2) is 5.79. The molecule has 0 spiro atoms. The number of carbonyl (C=O) groups excluding carboxylic acids is 1. The molecule has 1 fully saturated rings. The minimum Gasteiger partial charge on any atom is -0.394 e. The zero-order chi connectivity index (χ0) is 17.8. The number of carbonyl (C=O) groups is 1.